The van der Waals surface area contributed by atoms with Gasteiger partial charge < -0.3 is 0 Å². The van der Waals surface area contributed by atoms with Crippen LogP contribution >= 0.6 is 0 Å². The first-order valence-electron chi connectivity index (χ1n) is 13.3. The smallest absolute Gasteiger partial charge is 0.291 e. The number of hydrogen-bond acceptors (Lipinski definition) is 5. The third-order valence-electron chi connectivity index (χ3n) is 8.20. The number of fused-ring (bicyclic) bond motifs is 2. The Morgan fingerprint density at radius 3 is 2.55 bits per heavy atom. The van der Waals surface area contributed by atoms with Gasteiger partial charge in [-0.3, -0.25) is 9.78 Å². The second-order valence-corrected chi connectivity index (χ2v) is 13.1. The summed E-state index contributed by atoms with van der Waals surface area (Å²) in [4.78, 5) is 18.4. The average Bonchev–Trinajstić information content (AvgIpc) is 3.37. The molecule has 6 nitrogen and oxygen atoms in total. The van der Waals surface area contributed by atoms with Crippen LogP contribution in [-0.4, -0.2) is 34.2 Å². The molecule has 11 heteroatoms. The highest BCUT2D eigenvalue weighted by molar-refractivity contribution is 7.92. The van der Waals surface area contributed by atoms with E-state index in [1.165, 1.54) is 18.2 Å². The van der Waals surface area contributed by atoms with Crippen LogP contribution in [0, 0.1) is 18.2 Å². The number of carbonyl (C=O) groups is 1. The van der Waals surface area contributed by atoms with Gasteiger partial charge in [0.1, 0.15) is 11.5 Å². The van der Waals surface area contributed by atoms with Crippen molar-refractivity contribution in [1.82, 2.24) is 14.8 Å². The number of hydrogen-bond donors (Lipinski definition) is 0. The second-order valence-electron chi connectivity index (χ2n) is 10.9. The lowest BCUT2D eigenvalue weighted by Gasteiger charge is -2.43. The lowest BCUT2D eigenvalue weighted by molar-refractivity contribution is -0.137. The molecule has 2 atom stereocenters. The molecule has 2 heterocycles. The Balaban J connectivity index is 1.47. The van der Waals surface area contributed by atoms with E-state index in [1.807, 2.05) is 0 Å². The number of halogens is 4. The predicted molar refractivity (Wildman–Crippen MR) is 147 cm³/mol. The fraction of sp³-hybridized carbons (Fsp3) is 0.258. The normalized spacial score (nSPS) is 20.4. The molecule has 0 N–H and O–H groups in total. The van der Waals surface area contributed by atoms with E-state index in [9.17, 15) is 30.8 Å². The summed E-state index contributed by atoms with van der Waals surface area (Å²) in [6.45, 7) is 1.78. The number of nitrogens with zero attached hydrogens (tertiary/aromatic N) is 3. The summed E-state index contributed by atoms with van der Waals surface area (Å²) in [5.74, 6) is -1.08. The van der Waals surface area contributed by atoms with Crippen LogP contribution < -0.4 is 0 Å². The largest absolute Gasteiger partial charge is 0.416 e. The number of carbonyl (C=O) groups excluding carboxylic acids is 1. The Labute approximate surface area is 239 Å². The zero-order valence-electron chi connectivity index (χ0n) is 22.4. The van der Waals surface area contributed by atoms with Crippen LogP contribution in [0.5, 0.6) is 0 Å². The number of aromatic nitrogens is 3. The van der Waals surface area contributed by atoms with E-state index in [-0.39, 0.29) is 36.3 Å². The molecule has 6 rings (SSSR count). The molecule has 2 aliphatic rings. The molecule has 0 saturated heterocycles. The lowest BCUT2D eigenvalue weighted by atomic mass is 9.61. The van der Waals surface area contributed by atoms with Crippen LogP contribution in [0.3, 0.4) is 0 Å². The SMILES string of the molecule is Cc1cccc(S(=O)(=O)[C@H]2CCC3=Cc4c(cnn4-c4ccc(F)cc4)C[C@]3(C(=O)c3cc(C(F)(F)F)ccn3)C2)c1. The zero-order chi connectivity index (χ0) is 29.9. The maximum Gasteiger partial charge on any atom is 0.416 e. The fourth-order valence-corrected chi connectivity index (χ4v) is 8.01. The van der Waals surface area contributed by atoms with Crippen LogP contribution in [0.4, 0.5) is 17.6 Å². The number of allylic oxidation sites excluding steroid dienone is 1. The van der Waals surface area contributed by atoms with E-state index in [1.54, 1.807) is 54.2 Å². The van der Waals surface area contributed by atoms with Crippen molar-refractivity contribution in [2.75, 3.05) is 0 Å². The molecule has 0 bridgehead atoms. The minimum Gasteiger partial charge on any atom is -0.291 e. The number of aryl methyl sites for hydroxylation is 1. The van der Waals surface area contributed by atoms with Gasteiger partial charge in [0, 0.05) is 6.20 Å². The zero-order valence-corrected chi connectivity index (χ0v) is 23.2. The van der Waals surface area contributed by atoms with Gasteiger partial charge in [-0.1, -0.05) is 17.7 Å². The molecular weight excluding hydrogens is 570 g/mol. The van der Waals surface area contributed by atoms with Gasteiger partial charge in [-0.25, -0.2) is 17.5 Å². The molecule has 0 unspecified atom stereocenters. The number of benzene rings is 2. The van der Waals surface area contributed by atoms with Crippen molar-refractivity contribution in [1.29, 1.82) is 0 Å². The summed E-state index contributed by atoms with van der Waals surface area (Å²) in [5, 5.41) is 3.50. The van der Waals surface area contributed by atoms with Crippen molar-refractivity contribution in [2.45, 2.75) is 48.9 Å². The van der Waals surface area contributed by atoms with E-state index >= 15 is 0 Å². The van der Waals surface area contributed by atoms with Crippen molar-refractivity contribution in [3.63, 3.8) is 0 Å². The fourth-order valence-electron chi connectivity index (χ4n) is 6.08. The summed E-state index contributed by atoms with van der Waals surface area (Å²) < 4.78 is 83.5. The third kappa shape index (κ3) is 4.75. The standard InChI is InChI=1S/C31H25F4N3O3S/c1-19-3-2-4-25(13-19)42(40,41)26-10-5-21-15-28-20(18-37-38(28)24-8-6-23(32)7-9-24)16-30(21,17-26)29(39)27-14-22(11-12-36-27)31(33,34)35/h2-4,6-9,11-15,18,26H,5,10,16-17H2,1H3/t26-,30-/m0/s1. The lowest BCUT2D eigenvalue weighted by Crippen LogP contribution is -2.46. The number of Topliss-reactive ketones (excluding diaryl/α,β-unsaturated/α-hetero) is 1. The van der Waals surface area contributed by atoms with Crippen molar-refractivity contribution < 1.29 is 30.8 Å². The Kier molecular flexibility index (Phi) is 6.68. The molecule has 216 valence electrons. The Morgan fingerprint density at radius 2 is 1.83 bits per heavy atom. The van der Waals surface area contributed by atoms with E-state index < -0.39 is 43.8 Å². The molecule has 2 aromatic carbocycles. The molecule has 1 fully saturated rings. The molecule has 0 aliphatic heterocycles. The first kappa shape index (κ1) is 28.0. The van der Waals surface area contributed by atoms with Crippen LogP contribution in [-0.2, 0) is 22.4 Å². The van der Waals surface area contributed by atoms with Gasteiger partial charge in [-0.05, 0) is 98.3 Å². The average molecular weight is 596 g/mol. The maximum atomic E-state index is 14.3. The highest BCUT2D eigenvalue weighted by Gasteiger charge is 2.52. The summed E-state index contributed by atoms with van der Waals surface area (Å²) >= 11 is 0. The quantitative estimate of drug-likeness (QED) is 0.193. The maximum absolute atomic E-state index is 14.3. The second kappa shape index (κ2) is 10.0. The number of rotatable bonds is 5. The van der Waals surface area contributed by atoms with Gasteiger partial charge in [0.2, 0.25) is 0 Å². The minimum atomic E-state index is -4.69. The molecule has 4 aromatic rings. The highest BCUT2D eigenvalue weighted by Crippen LogP contribution is 2.52. The Morgan fingerprint density at radius 1 is 1.07 bits per heavy atom. The van der Waals surface area contributed by atoms with E-state index in [2.05, 4.69) is 10.1 Å². The number of alkyl halides is 3. The van der Waals surface area contributed by atoms with E-state index in [0.29, 0.717) is 22.5 Å². The van der Waals surface area contributed by atoms with Crippen molar-refractivity contribution in [2.24, 2.45) is 5.41 Å². The van der Waals surface area contributed by atoms with Crippen LogP contribution in [0.2, 0.25) is 0 Å². The third-order valence-corrected chi connectivity index (χ3v) is 10.4. The highest BCUT2D eigenvalue weighted by atomic mass is 32.2. The summed E-state index contributed by atoms with van der Waals surface area (Å²) in [5.41, 5.74) is 0.404. The first-order valence-corrected chi connectivity index (χ1v) is 14.9. The van der Waals surface area contributed by atoms with Gasteiger partial charge in [0.15, 0.2) is 15.6 Å². The van der Waals surface area contributed by atoms with Crippen LogP contribution in [0.15, 0.2) is 83.5 Å². The van der Waals surface area contributed by atoms with Gasteiger partial charge >= 0.3 is 6.18 Å². The number of ketones is 1. The monoisotopic (exact) mass is 595 g/mol. The Bertz CT molecular complexity index is 1850. The number of sulfone groups is 1. The van der Waals surface area contributed by atoms with Gasteiger partial charge in [-0.2, -0.15) is 18.3 Å². The van der Waals surface area contributed by atoms with Crippen LogP contribution in [0.25, 0.3) is 11.8 Å². The molecule has 0 spiro atoms. The minimum absolute atomic E-state index is 0.0337. The van der Waals surface area contributed by atoms with Crippen LogP contribution in [0.1, 0.15) is 52.1 Å². The van der Waals surface area contributed by atoms with Gasteiger partial charge in [0.25, 0.3) is 0 Å². The topological polar surface area (TPSA) is 81.9 Å². The molecule has 0 radical (unpaired) electrons. The van der Waals surface area contributed by atoms with Crippen molar-refractivity contribution in [3.8, 4) is 5.69 Å². The van der Waals surface area contributed by atoms with Gasteiger partial charge in [-0.15, -0.1) is 0 Å². The first-order chi connectivity index (χ1) is 19.9. The molecular formula is C31H25F4N3O3S. The summed E-state index contributed by atoms with van der Waals surface area (Å²) in [6, 6.07) is 13.8. The molecule has 0 amide bonds. The molecule has 2 aliphatic carbocycles. The van der Waals surface area contributed by atoms with Crippen molar-refractivity contribution >= 4 is 21.7 Å². The summed E-state index contributed by atoms with van der Waals surface area (Å²) in [7, 11) is -3.88. The molecule has 2 aromatic heterocycles. The predicted octanol–water partition coefficient (Wildman–Crippen LogP) is 6.57. The molecule has 42 heavy (non-hydrogen) atoms. The number of pyridine rings is 1. The van der Waals surface area contributed by atoms with Crippen molar-refractivity contribution in [3.05, 3.63) is 113 Å². The molecule has 1 saturated carbocycles. The Hall–Kier alpha value is -4.12. The summed E-state index contributed by atoms with van der Waals surface area (Å²) in [6.07, 6.45) is -0.0370. The van der Waals surface area contributed by atoms with E-state index in [0.717, 1.165) is 23.9 Å². The van der Waals surface area contributed by atoms with Gasteiger partial charge in [0.05, 0.1) is 38.7 Å². The van der Waals surface area contributed by atoms with E-state index in [4.69, 9.17) is 0 Å².